The molecule has 1 saturated heterocycles. The Balaban J connectivity index is 1.60. The zero-order valence-corrected chi connectivity index (χ0v) is 11.0. The molecule has 1 aliphatic heterocycles. The van der Waals surface area contributed by atoms with E-state index in [9.17, 15) is 0 Å². The van der Waals surface area contributed by atoms with Crippen LogP contribution in [-0.2, 0) is 13.1 Å². The van der Waals surface area contributed by atoms with Crippen LogP contribution in [0.4, 0.5) is 0 Å². The summed E-state index contributed by atoms with van der Waals surface area (Å²) in [5, 5.41) is 3.93. The molecule has 1 fully saturated rings. The Hall–Kier alpha value is -1.65. The molecule has 19 heavy (non-hydrogen) atoms. The van der Waals surface area contributed by atoms with Gasteiger partial charge in [-0.2, -0.15) is 0 Å². The van der Waals surface area contributed by atoms with Gasteiger partial charge in [-0.05, 0) is 24.4 Å². The highest BCUT2D eigenvalue weighted by Crippen LogP contribution is 2.27. The van der Waals surface area contributed by atoms with Crippen LogP contribution in [0.15, 0.2) is 40.9 Å². The molecule has 0 bridgehead atoms. The summed E-state index contributed by atoms with van der Waals surface area (Å²) < 4.78 is 5.29. The Labute approximate surface area is 113 Å². The van der Waals surface area contributed by atoms with Crippen molar-refractivity contribution in [3.63, 3.8) is 0 Å². The highest BCUT2D eigenvalue weighted by molar-refractivity contribution is 5.21. The molecule has 1 aromatic heterocycles. The molecule has 1 aromatic carbocycles. The first kappa shape index (κ1) is 12.4. The van der Waals surface area contributed by atoms with Gasteiger partial charge < -0.3 is 10.3 Å². The zero-order chi connectivity index (χ0) is 13.1. The fraction of sp³-hybridized carbons (Fsp3) is 0.400. The van der Waals surface area contributed by atoms with Crippen molar-refractivity contribution in [3.8, 4) is 0 Å². The van der Waals surface area contributed by atoms with E-state index in [-0.39, 0.29) is 0 Å². The van der Waals surface area contributed by atoms with Gasteiger partial charge in [0.25, 0.3) is 0 Å². The van der Waals surface area contributed by atoms with Crippen LogP contribution < -0.4 is 5.73 Å². The summed E-state index contributed by atoms with van der Waals surface area (Å²) in [6.45, 7) is 3.47. The van der Waals surface area contributed by atoms with Gasteiger partial charge in [0.2, 0.25) is 0 Å². The molecule has 0 amide bonds. The maximum atomic E-state index is 5.53. The molecule has 1 atom stereocenters. The SMILES string of the molecule is NCc1cc(CN2CCC(c3ccccc3)C2)on1. The van der Waals surface area contributed by atoms with Crippen molar-refractivity contribution in [1.82, 2.24) is 10.1 Å². The molecular formula is C15H19N3O. The maximum absolute atomic E-state index is 5.53. The van der Waals surface area contributed by atoms with Crippen molar-refractivity contribution in [2.75, 3.05) is 13.1 Å². The van der Waals surface area contributed by atoms with Crippen molar-refractivity contribution in [2.45, 2.75) is 25.4 Å². The first-order chi connectivity index (χ1) is 9.35. The van der Waals surface area contributed by atoms with Gasteiger partial charge in [0.05, 0.1) is 12.2 Å². The molecule has 1 aliphatic rings. The molecule has 2 N–H and O–H groups in total. The standard InChI is InChI=1S/C15H19N3O/c16-9-14-8-15(19-17-14)11-18-7-6-13(10-18)12-4-2-1-3-5-12/h1-5,8,13H,6-7,9-11,16H2. The molecule has 2 aromatic rings. The van der Waals surface area contributed by atoms with Crippen molar-refractivity contribution in [1.29, 1.82) is 0 Å². The first-order valence-electron chi connectivity index (χ1n) is 6.77. The van der Waals surface area contributed by atoms with Crippen LogP contribution in [0.5, 0.6) is 0 Å². The second-order valence-electron chi connectivity index (χ2n) is 5.12. The molecule has 2 heterocycles. The van der Waals surface area contributed by atoms with Gasteiger partial charge in [-0.25, -0.2) is 0 Å². The normalized spacial score (nSPS) is 19.9. The molecule has 0 saturated carbocycles. The van der Waals surface area contributed by atoms with E-state index >= 15 is 0 Å². The average molecular weight is 257 g/mol. The maximum Gasteiger partial charge on any atom is 0.151 e. The van der Waals surface area contributed by atoms with Gasteiger partial charge in [-0.15, -0.1) is 0 Å². The third-order valence-corrected chi connectivity index (χ3v) is 3.74. The average Bonchev–Trinajstić information content (AvgIpc) is 3.09. The Morgan fingerprint density at radius 3 is 2.89 bits per heavy atom. The minimum atomic E-state index is 0.441. The lowest BCUT2D eigenvalue weighted by atomic mass is 9.99. The molecular weight excluding hydrogens is 238 g/mol. The zero-order valence-electron chi connectivity index (χ0n) is 11.0. The molecule has 4 nitrogen and oxygen atoms in total. The summed E-state index contributed by atoms with van der Waals surface area (Å²) in [7, 11) is 0. The van der Waals surface area contributed by atoms with Crippen molar-refractivity contribution in [3.05, 3.63) is 53.4 Å². The van der Waals surface area contributed by atoms with Crippen LogP contribution in [0.25, 0.3) is 0 Å². The third-order valence-electron chi connectivity index (χ3n) is 3.74. The van der Waals surface area contributed by atoms with Crippen LogP contribution in [0, 0.1) is 0 Å². The number of likely N-dealkylation sites (tertiary alicyclic amines) is 1. The third kappa shape index (κ3) is 2.85. The first-order valence-corrected chi connectivity index (χ1v) is 6.77. The van der Waals surface area contributed by atoms with Crippen LogP contribution in [0.2, 0.25) is 0 Å². The summed E-state index contributed by atoms with van der Waals surface area (Å²) in [6, 6.07) is 12.7. The quantitative estimate of drug-likeness (QED) is 0.911. The molecule has 0 spiro atoms. The van der Waals surface area contributed by atoms with Crippen LogP contribution in [-0.4, -0.2) is 23.1 Å². The molecule has 3 rings (SSSR count). The lowest BCUT2D eigenvalue weighted by molar-refractivity contribution is 0.270. The smallest absolute Gasteiger partial charge is 0.151 e. The summed E-state index contributed by atoms with van der Waals surface area (Å²) in [4.78, 5) is 2.42. The fourth-order valence-electron chi connectivity index (χ4n) is 2.72. The van der Waals surface area contributed by atoms with E-state index in [0.29, 0.717) is 12.5 Å². The number of nitrogens with zero attached hydrogens (tertiary/aromatic N) is 2. The van der Waals surface area contributed by atoms with E-state index in [2.05, 4.69) is 40.4 Å². The monoisotopic (exact) mass is 257 g/mol. The van der Waals surface area contributed by atoms with Crippen molar-refractivity contribution in [2.24, 2.45) is 5.73 Å². The number of nitrogens with two attached hydrogens (primary N) is 1. The number of hydrogen-bond acceptors (Lipinski definition) is 4. The number of aromatic nitrogens is 1. The minimum absolute atomic E-state index is 0.441. The Bertz CT molecular complexity index is 523. The second kappa shape index (κ2) is 5.55. The predicted octanol–water partition coefficient (Wildman–Crippen LogP) is 2.12. The van der Waals surface area contributed by atoms with E-state index in [0.717, 1.165) is 31.1 Å². The van der Waals surface area contributed by atoms with E-state index in [1.54, 1.807) is 0 Å². The van der Waals surface area contributed by atoms with Crippen molar-refractivity contribution >= 4 is 0 Å². The Morgan fingerprint density at radius 1 is 1.32 bits per heavy atom. The largest absolute Gasteiger partial charge is 0.360 e. The van der Waals surface area contributed by atoms with Gasteiger partial charge in [0.1, 0.15) is 0 Å². The van der Waals surface area contributed by atoms with Crippen LogP contribution in [0.1, 0.15) is 29.4 Å². The van der Waals surface area contributed by atoms with Crippen LogP contribution >= 0.6 is 0 Å². The van der Waals surface area contributed by atoms with E-state index in [4.69, 9.17) is 10.3 Å². The molecule has 4 heteroatoms. The number of hydrogen-bond donors (Lipinski definition) is 1. The van der Waals surface area contributed by atoms with Gasteiger partial charge in [-0.1, -0.05) is 35.5 Å². The molecule has 100 valence electrons. The van der Waals surface area contributed by atoms with E-state index in [1.165, 1.54) is 12.0 Å². The summed E-state index contributed by atoms with van der Waals surface area (Å²) in [5.74, 6) is 1.55. The summed E-state index contributed by atoms with van der Waals surface area (Å²) in [6.07, 6.45) is 1.21. The molecule has 0 aliphatic carbocycles. The Morgan fingerprint density at radius 2 is 2.16 bits per heavy atom. The fourth-order valence-corrected chi connectivity index (χ4v) is 2.72. The lowest BCUT2D eigenvalue weighted by Gasteiger charge is -2.14. The molecule has 0 radical (unpaired) electrons. The number of benzene rings is 1. The lowest BCUT2D eigenvalue weighted by Crippen LogP contribution is -2.19. The second-order valence-corrected chi connectivity index (χ2v) is 5.12. The number of rotatable bonds is 4. The van der Waals surface area contributed by atoms with E-state index < -0.39 is 0 Å². The van der Waals surface area contributed by atoms with Crippen molar-refractivity contribution < 1.29 is 4.52 Å². The van der Waals surface area contributed by atoms with Gasteiger partial charge in [0.15, 0.2) is 5.76 Å². The van der Waals surface area contributed by atoms with Gasteiger partial charge in [0, 0.05) is 19.2 Å². The summed E-state index contributed by atoms with van der Waals surface area (Å²) >= 11 is 0. The predicted molar refractivity (Wildman–Crippen MR) is 73.5 cm³/mol. The van der Waals surface area contributed by atoms with Gasteiger partial charge in [-0.3, -0.25) is 4.90 Å². The summed E-state index contributed by atoms with van der Waals surface area (Å²) in [5.41, 5.74) is 7.80. The highest BCUT2D eigenvalue weighted by atomic mass is 16.5. The topological polar surface area (TPSA) is 55.3 Å². The molecule has 1 unspecified atom stereocenters. The van der Waals surface area contributed by atoms with Crippen LogP contribution in [0.3, 0.4) is 0 Å². The highest BCUT2D eigenvalue weighted by Gasteiger charge is 2.24. The minimum Gasteiger partial charge on any atom is -0.360 e. The van der Waals surface area contributed by atoms with Gasteiger partial charge >= 0.3 is 0 Å². The van der Waals surface area contributed by atoms with E-state index in [1.807, 2.05) is 6.07 Å². The Kier molecular flexibility index (Phi) is 3.62.